The van der Waals surface area contributed by atoms with Crippen molar-refractivity contribution < 1.29 is 18.5 Å². The van der Waals surface area contributed by atoms with E-state index in [0.29, 0.717) is 11.4 Å². The van der Waals surface area contributed by atoms with E-state index in [4.69, 9.17) is 27.7 Å². The summed E-state index contributed by atoms with van der Waals surface area (Å²) in [5, 5.41) is 9.33. The van der Waals surface area contributed by atoms with Crippen molar-refractivity contribution in [1.29, 1.82) is 0 Å². The second kappa shape index (κ2) is 8.00. The molecule has 28 heavy (non-hydrogen) atoms. The number of benzene rings is 2. The fourth-order valence-electron chi connectivity index (χ4n) is 2.62. The number of nitrogens with one attached hydrogen (secondary N) is 2. The minimum Gasteiger partial charge on any atom is -0.360 e. The molecule has 0 atom stereocenters. The Balaban J connectivity index is 1.95. The Morgan fingerprint density at radius 2 is 1.86 bits per heavy atom. The van der Waals surface area contributed by atoms with Crippen LogP contribution in [0.25, 0.3) is 11.3 Å². The van der Waals surface area contributed by atoms with E-state index < -0.39 is 11.7 Å². The van der Waals surface area contributed by atoms with Crippen LogP contribution in [0, 0.1) is 12.7 Å². The van der Waals surface area contributed by atoms with Crippen LogP contribution in [0.2, 0.25) is 10.0 Å². The molecule has 2 N–H and O–H groups in total. The maximum atomic E-state index is 14.3. The largest absolute Gasteiger partial charge is 0.360 e. The van der Waals surface area contributed by atoms with Gasteiger partial charge >= 0.3 is 0 Å². The highest BCUT2D eigenvalue weighted by Gasteiger charge is 2.25. The molecule has 0 spiro atoms. The van der Waals surface area contributed by atoms with Gasteiger partial charge in [0.25, 0.3) is 5.91 Å². The zero-order chi connectivity index (χ0) is 20.4. The summed E-state index contributed by atoms with van der Waals surface area (Å²) < 4.78 is 19.4. The summed E-state index contributed by atoms with van der Waals surface area (Å²) in [5.41, 5.74) is 0.777. The van der Waals surface area contributed by atoms with Crippen molar-refractivity contribution in [3.05, 3.63) is 63.6 Å². The summed E-state index contributed by atoms with van der Waals surface area (Å²) in [6.45, 7) is 2.90. The molecule has 2 amide bonds. The molecule has 1 heterocycles. The van der Waals surface area contributed by atoms with Crippen LogP contribution in [-0.2, 0) is 4.79 Å². The lowest BCUT2D eigenvalue weighted by molar-refractivity contribution is -0.114. The first-order chi connectivity index (χ1) is 13.3. The molecule has 0 saturated heterocycles. The standard InChI is InChI=1S/C19H14Cl2FN3O3/c1-9-16(18(25-28-9)17-12(20)4-3-5-14(17)22)19(27)24-15-7-6-11(8-13(15)21)23-10(2)26/h3-8H,1-2H3,(H,23,26)(H,24,27). The number of halogens is 3. The highest BCUT2D eigenvalue weighted by Crippen LogP contribution is 2.34. The fraction of sp³-hybridized carbons (Fsp3) is 0.105. The molecule has 0 aliphatic rings. The molecule has 0 unspecified atom stereocenters. The minimum absolute atomic E-state index is 0.0101. The molecule has 0 radical (unpaired) electrons. The van der Waals surface area contributed by atoms with E-state index in [1.54, 1.807) is 6.07 Å². The van der Waals surface area contributed by atoms with Gasteiger partial charge < -0.3 is 15.2 Å². The number of carbonyl (C=O) groups is 2. The Labute approximate surface area is 169 Å². The zero-order valence-electron chi connectivity index (χ0n) is 14.8. The SMILES string of the molecule is CC(=O)Nc1ccc(NC(=O)c2c(-c3c(F)cccc3Cl)noc2C)c(Cl)c1. The third-order valence-corrected chi connectivity index (χ3v) is 4.45. The normalized spacial score (nSPS) is 10.6. The van der Waals surface area contributed by atoms with E-state index >= 15 is 0 Å². The molecule has 2 aromatic carbocycles. The van der Waals surface area contributed by atoms with E-state index in [0.717, 1.165) is 0 Å². The van der Waals surface area contributed by atoms with Gasteiger partial charge in [0, 0.05) is 12.6 Å². The number of anilines is 2. The van der Waals surface area contributed by atoms with E-state index in [1.165, 1.54) is 44.2 Å². The topological polar surface area (TPSA) is 84.2 Å². The maximum absolute atomic E-state index is 14.3. The molecule has 6 nitrogen and oxygen atoms in total. The molecule has 0 bridgehead atoms. The second-order valence-electron chi connectivity index (χ2n) is 5.89. The van der Waals surface area contributed by atoms with Gasteiger partial charge in [-0.05, 0) is 37.3 Å². The summed E-state index contributed by atoms with van der Waals surface area (Å²) in [7, 11) is 0. The molecule has 0 saturated carbocycles. The van der Waals surface area contributed by atoms with Gasteiger partial charge in [-0.15, -0.1) is 0 Å². The van der Waals surface area contributed by atoms with Gasteiger partial charge in [-0.1, -0.05) is 34.4 Å². The van der Waals surface area contributed by atoms with Crippen molar-refractivity contribution in [2.75, 3.05) is 10.6 Å². The molecular formula is C19H14Cl2FN3O3. The number of rotatable bonds is 4. The van der Waals surface area contributed by atoms with E-state index in [2.05, 4.69) is 15.8 Å². The van der Waals surface area contributed by atoms with Crippen LogP contribution in [0.1, 0.15) is 23.0 Å². The highest BCUT2D eigenvalue weighted by atomic mass is 35.5. The molecule has 3 aromatic rings. The quantitative estimate of drug-likeness (QED) is 0.597. The number of aryl methyl sites for hydroxylation is 1. The lowest BCUT2D eigenvalue weighted by Gasteiger charge is -2.10. The smallest absolute Gasteiger partial charge is 0.261 e. The number of hydrogen-bond donors (Lipinski definition) is 2. The minimum atomic E-state index is -0.632. The number of aromatic nitrogens is 1. The first kappa shape index (κ1) is 19.9. The Hall–Kier alpha value is -2.90. The van der Waals surface area contributed by atoms with E-state index in [9.17, 15) is 14.0 Å². The number of carbonyl (C=O) groups excluding carboxylic acids is 2. The predicted molar refractivity (Wildman–Crippen MR) is 105 cm³/mol. The van der Waals surface area contributed by atoms with Crippen molar-refractivity contribution in [3.63, 3.8) is 0 Å². The summed E-state index contributed by atoms with van der Waals surface area (Å²) >= 11 is 12.3. The van der Waals surface area contributed by atoms with Gasteiger partial charge in [-0.3, -0.25) is 9.59 Å². The summed E-state index contributed by atoms with van der Waals surface area (Å²) in [6, 6.07) is 8.76. The molecule has 0 aliphatic carbocycles. The molecule has 9 heteroatoms. The Morgan fingerprint density at radius 1 is 1.11 bits per heavy atom. The molecular weight excluding hydrogens is 408 g/mol. The van der Waals surface area contributed by atoms with Crippen molar-refractivity contribution in [3.8, 4) is 11.3 Å². The van der Waals surface area contributed by atoms with Gasteiger partial charge in [0.15, 0.2) is 0 Å². The van der Waals surface area contributed by atoms with Gasteiger partial charge in [-0.2, -0.15) is 0 Å². The van der Waals surface area contributed by atoms with Crippen LogP contribution in [0.5, 0.6) is 0 Å². The van der Waals surface area contributed by atoms with Crippen LogP contribution in [0.3, 0.4) is 0 Å². The highest BCUT2D eigenvalue weighted by molar-refractivity contribution is 6.35. The van der Waals surface area contributed by atoms with Crippen LogP contribution in [-0.4, -0.2) is 17.0 Å². The lowest BCUT2D eigenvalue weighted by Crippen LogP contribution is -2.14. The van der Waals surface area contributed by atoms with Gasteiger partial charge in [0.1, 0.15) is 22.8 Å². The first-order valence-corrected chi connectivity index (χ1v) is 8.82. The third-order valence-electron chi connectivity index (χ3n) is 3.83. The van der Waals surface area contributed by atoms with Gasteiger partial charge in [-0.25, -0.2) is 4.39 Å². The summed E-state index contributed by atoms with van der Waals surface area (Å²) in [6.07, 6.45) is 0. The van der Waals surface area contributed by atoms with Crippen molar-refractivity contribution in [2.45, 2.75) is 13.8 Å². The van der Waals surface area contributed by atoms with Crippen molar-refractivity contribution in [1.82, 2.24) is 5.16 Å². The molecule has 3 rings (SSSR count). The summed E-state index contributed by atoms with van der Waals surface area (Å²) in [4.78, 5) is 23.9. The van der Waals surface area contributed by atoms with Crippen LogP contribution < -0.4 is 10.6 Å². The van der Waals surface area contributed by atoms with Gasteiger partial charge in [0.2, 0.25) is 5.91 Å². The molecule has 0 fully saturated rings. The Bertz CT molecular complexity index is 1060. The summed E-state index contributed by atoms with van der Waals surface area (Å²) in [5.74, 6) is -1.29. The van der Waals surface area contributed by atoms with E-state index in [1.807, 2.05) is 0 Å². The Morgan fingerprint density at radius 3 is 2.50 bits per heavy atom. The number of amides is 2. The Kier molecular flexibility index (Phi) is 5.67. The lowest BCUT2D eigenvalue weighted by atomic mass is 10.0. The zero-order valence-corrected chi connectivity index (χ0v) is 16.3. The van der Waals surface area contributed by atoms with Crippen molar-refractivity contribution in [2.24, 2.45) is 0 Å². The monoisotopic (exact) mass is 421 g/mol. The van der Waals surface area contributed by atoms with Crippen molar-refractivity contribution >= 4 is 46.4 Å². The second-order valence-corrected chi connectivity index (χ2v) is 6.70. The first-order valence-electron chi connectivity index (χ1n) is 8.07. The van der Waals surface area contributed by atoms with Crippen LogP contribution >= 0.6 is 23.2 Å². The predicted octanol–water partition coefficient (Wildman–Crippen LogP) is 5.31. The molecule has 0 aliphatic heterocycles. The van der Waals surface area contributed by atoms with Crippen LogP contribution in [0.4, 0.5) is 15.8 Å². The molecule has 1 aromatic heterocycles. The van der Waals surface area contributed by atoms with Gasteiger partial charge in [0.05, 0.1) is 21.3 Å². The van der Waals surface area contributed by atoms with E-state index in [-0.39, 0.29) is 38.5 Å². The maximum Gasteiger partial charge on any atom is 0.261 e. The molecule has 144 valence electrons. The third kappa shape index (κ3) is 4.00. The number of hydrogen-bond acceptors (Lipinski definition) is 4. The fourth-order valence-corrected chi connectivity index (χ4v) is 3.10. The average Bonchev–Trinajstić information content (AvgIpc) is 2.98. The number of nitrogens with zero attached hydrogens (tertiary/aromatic N) is 1. The average molecular weight is 422 g/mol. The van der Waals surface area contributed by atoms with Crippen LogP contribution in [0.15, 0.2) is 40.9 Å².